The number of hydrogen-bond donors (Lipinski definition) is 0. The van der Waals surface area contributed by atoms with Gasteiger partial charge in [0.1, 0.15) is 0 Å². The van der Waals surface area contributed by atoms with Crippen LogP contribution >= 0.6 is 15.9 Å². The topological polar surface area (TPSA) is 30.2 Å². The Bertz CT molecular complexity index is 408. The number of fused-ring (bicyclic) bond motifs is 1. The molecule has 2 aromatic rings. The summed E-state index contributed by atoms with van der Waals surface area (Å²) < 4.78 is 2.04. The molecule has 0 saturated heterocycles. The molecular formula is C8H8BrN3. The summed E-state index contributed by atoms with van der Waals surface area (Å²) in [6.07, 6.45) is 5.45. The van der Waals surface area contributed by atoms with Crippen LogP contribution in [0, 0.1) is 6.92 Å². The first kappa shape index (κ1) is 7.73. The van der Waals surface area contributed by atoms with Gasteiger partial charge in [-0.25, -0.2) is 4.98 Å². The summed E-state index contributed by atoms with van der Waals surface area (Å²) in [5.41, 5.74) is 3.15. The van der Waals surface area contributed by atoms with E-state index >= 15 is 0 Å². The van der Waals surface area contributed by atoms with E-state index in [4.69, 9.17) is 0 Å². The normalized spacial score (nSPS) is 10.8. The van der Waals surface area contributed by atoms with Crippen molar-refractivity contribution in [3.8, 4) is 0 Å². The van der Waals surface area contributed by atoms with Crippen LogP contribution in [0.1, 0.15) is 11.4 Å². The van der Waals surface area contributed by atoms with Crippen molar-refractivity contribution in [3.63, 3.8) is 0 Å². The molecule has 0 spiro atoms. The lowest BCUT2D eigenvalue weighted by molar-refractivity contribution is 1.06. The third-order valence-corrected chi connectivity index (χ3v) is 2.39. The molecule has 0 aliphatic rings. The molecule has 2 aromatic heterocycles. The molecule has 62 valence electrons. The molecular weight excluding hydrogens is 218 g/mol. The van der Waals surface area contributed by atoms with Crippen LogP contribution in [0.25, 0.3) is 5.65 Å². The first-order valence-corrected chi connectivity index (χ1v) is 4.78. The number of halogens is 1. The molecule has 2 rings (SSSR count). The molecule has 0 unspecified atom stereocenters. The summed E-state index contributed by atoms with van der Waals surface area (Å²) in [5, 5.41) is 0.823. The van der Waals surface area contributed by atoms with Crippen molar-refractivity contribution >= 4 is 21.6 Å². The number of hydrogen-bond acceptors (Lipinski definition) is 2. The van der Waals surface area contributed by atoms with Gasteiger partial charge in [-0.2, -0.15) is 0 Å². The Morgan fingerprint density at radius 3 is 3.17 bits per heavy atom. The van der Waals surface area contributed by atoms with Crippen LogP contribution in [0.15, 0.2) is 18.6 Å². The molecule has 4 heteroatoms. The molecule has 0 saturated carbocycles. The molecule has 0 amide bonds. The molecule has 0 aliphatic heterocycles. The molecule has 0 atom stereocenters. The summed E-state index contributed by atoms with van der Waals surface area (Å²) in [7, 11) is 0. The molecule has 3 nitrogen and oxygen atoms in total. The van der Waals surface area contributed by atoms with Crippen LogP contribution in [0.4, 0.5) is 0 Å². The van der Waals surface area contributed by atoms with E-state index in [1.165, 1.54) is 5.69 Å². The van der Waals surface area contributed by atoms with E-state index in [9.17, 15) is 0 Å². The summed E-state index contributed by atoms with van der Waals surface area (Å²) in [6.45, 7) is 2.00. The molecule has 0 N–H and O–H groups in total. The quantitative estimate of drug-likeness (QED) is 0.695. The third-order valence-electron chi connectivity index (χ3n) is 1.86. The van der Waals surface area contributed by atoms with E-state index in [0.29, 0.717) is 0 Å². The Labute approximate surface area is 78.6 Å². The average molecular weight is 226 g/mol. The molecule has 0 radical (unpaired) electrons. The zero-order chi connectivity index (χ0) is 8.55. The highest BCUT2D eigenvalue weighted by molar-refractivity contribution is 9.08. The zero-order valence-electron chi connectivity index (χ0n) is 6.66. The average Bonchev–Trinajstić information content (AvgIpc) is 2.40. The van der Waals surface area contributed by atoms with Gasteiger partial charge in [0.15, 0.2) is 5.65 Å². The van der Waals surface area contributed by atoms with Gasteiger partial charge in [-0.1, -0.05) is 15.9 Å². The number of alkyl halides is 1. The van der Waals surface area contributed by atoms with Crippen LogP contribution in [0.3, 0.4) is 0 Å². The van der Waals surface area contributed by atoms with Crippen LogP contribution < -0.4 is 0 Å². The van der Waals surface area contributed by atoms with Crippen molar-refractivity contribution in [1.82, 2.24) is 14.4 Å². The van der Waals surface area contributed by atoms with Gasteiger partial charge >= 0.3 is 0 Å². The van der Waals surface area contributed by atoms with E-state index in [1.54, 1.807) is 12.4 Å². The van der Waals surface area contributed by atoms with Crippen molar-refractivity contribution < 1.29 is 0 Å². The second-order valence-electron chi connectivity index (χ2n) is 2.58. The second kappa shape index (κ2) is 2.86. The number of nitrogens with zero attached hydrogens (tertiary/aromatic N) is 3. The minimum Gasteiger partial charge on any atom is -0.300 e. The fraction of sp³-hybridized carbons (Fsp3) is 0.250. The predicted molar refractivity (Wildman–Crippen MR) is 50.4 cm³/mol. The Balaban J connectivity index is 2.81. The van der Waals surface area contributed by atoms with Gasteiger partial charge in [0.05, 0.1) is 17.6 Å². The fourth-order valence-electron chi connectivity index (χ4n) is 1.24. The van der Waals surface area contributed by atoms with Crippen LogP contribution in [-0.2, 0) is 5.33 Å². The molecule has 0 bridgehead atoms. The van der Waals surface area contributed by atoms with Crippen molar-refractivity contribution in [2.45, 2.75) is 12.3 Å². The minimum absolute atomic E-state index is 0.823. The van der Waals surface area contributed by atoms with Crippen LogP contribution in [-0.4, -0.2) is 14.4 Å². The number of aryl methyl sites for hydroxylation is 1. The Kier molecular flexibility index (Phi) is 1.84. The highest BCUT2D eigenvalue weighted by Crippen LogP contribution is 2.13. The number of aromatic nitrogens is 3. The zero-order valence-corrected chi connectivity index (χ0v) is 8.24. The van der Waals surface area contributed by atoms with Crippen molar-refractivity contribution in [2.75, 3.05) is 0 Å². The Morgan fingerprint density at radius 2 is 2.42 bits per heavy atom. The van der Waals surface area contributed by atoms with E-state index in [-0.39, 0.29) is 0 Å². The Hall–Kier alpha value is -0.900. The standard InChI is InChI=1S/C8H8BrN3/c1-6-7(4-9)12-3-2-10-5-8(12)11-6/h2-3,5H,4H2,1H3. The van der Waals surface area contributed by atoms with Crippen molar-refractivity contribution in [3.05, 3.63) is 30.0 Å². The second-order valence-corrected chi connectivity index (χ2v) is 3.14. The lowest BCUT2D eigenvalue weighted by Gasteiger charge is -1.95. The SMILES string of the molecule is Cc1nc2cnccn2c1CBr. The third kappa shape index (κ3) is 1.03. The van der Waals surface area contributed by atoms with Crippen LogP contribution in [0.2, 0.25) is 0 Å². The van der Waals surface area contributed by atoms with Crippen molar-refractivity contribution in [1.29, 1.82) is 0 Å². The lowest BCUT2D eigenvalue weighted by atomic mass is 10.4. The first-order valence-electron chi connectivity index (χ1n) is 3.66. The molecule has 0 aromatic carbocycles. The molecule has 0 aliphatic carbocycles. The van der Waals surface area contributed by atoms with Gasteiger partial charge in [0.25, 0.3) is 0 Å². The number of imidazole rings is 1. The van der Waals surface area contributed by atoms with Gasteiger partial charge in [0.2, 0.25) is 0 Å². The van der Waals surface area contributed by atoms with Gasteiger partial charge in [-0.15, -0.1) is 0 Å². The monoisotopic (exact) mass is 225 g/mol. The van der Waals surface area contributed by atoms with E-state index in [0.717, 1.165) is 16.7 Å². The maximum absolute atomic E-state index is 4.35. The molecule has 12 heavy (non-hydrogen) atoms. The summed E-state index contributed by atoms with van der Waals surface area (Å²) in [4.78, 5) is 8.36. The van der Waals surface area contributed by atoms with Gasteiger partial charge in [0, 0.05) is 17.7 Å². The van der Waals surface area contributed by atoms with Crippen molar-refractivity contribution in [2.24, 2.45) is 0 Å². The predicted octanol–water partition coefficient (Wildman–Crippen LogP) is 1.93. The first-order chi connectivity index (χ1) is 5.83. The van der Waals surface area contributed by atoms with Crippen LogP contribution in [0.5, 0.6) is 0 Å². The Morgan fingerprint density at radius 1 is 1.58 bits per heavy atom. The van der Waals surface area contributed by atoms with Gasteiger partial charge in [-0.05, 0) is 6.92 Å². The summed E-state index contributed by atoms with van der Waals surface area (Å²) in [5.74, 6) is 0. The maximum Gasteiger partial charge on any atom is 0.155 e. The highest BCUT2D eigenvalue weighted by Gasteiger charge is 2.05. The minimum atomic E-state index is 0.823. The highest BCUT2D eigenvalue weighted by atomic mass is 79.9. The molecule has 2 heterocycles. The largest absolute Gasteiger partial charge is 0.300 e. The van der Waals surface area contributed by atoms with E-state index < -0.39 is 0 Å². The maximum atomic E-state index is 4.35. The smallest absolute Gasteiger partial charge is 0.155 e. The molecule has 0 fully saturated rings. The van der Waals surface area contributed by atoms with Gasteiger partial charge < -0.3 is 4.40 Å². The fourth-order valence-corrected chi connectivity index (χ4v) is 1.91. The van der Waals surface area contributed by atoms with Gasteiger partial charge in [-0.3, -0.25) is 4.98 Å². The van der Waals surface area contributed by atoms with E-state index in [2.05, 4.69) is 25.9 Å². The summed E-state index contributed by atoms with van der Waals surface area (Å²) >= 11 is 3.43. The van der Waals surface area contributed by atoms with E-state index in [1.807, 2.05) is 17.5 Å². The number of rotatable bonds is 1. The lowest BCUT2D eigenvalue weighted by Crippen LogP contribution is -1.90. The summed E-state index contributed by atoms with van der Waals surface area (Å²) in [6, 6.07) is 0.